The third-order valence-corrected chi connectivity index (χ3v) is 11.3. The Kier molecular flexibility index (Phi) is 7.86. The fourth-order valence-corrected chi connectivity index (χ4v) is 10.5. The van der Waals surface area contributed by atoms with Crippen molar-refractivity contribution >= 4 is 28.2 Å². The summed E-state index contributed by atoms with van der Waals surface area (Å²) < 4.78 is 19.5. The van der Waals surface area contributed by atoms with E-state index >= 15 is 0 Å². The van der Waals surface area contributed by atoms with Crippen LogP contribution in [-0.2, 0) is 9.53 Å². The molecular weight excluding hydrogens is 517 g/mol. The maximum atomic E-state index is 12.4. The molecule has 3 aliphatic rings. The van der Waals surface area contributed by atoms with Crippen molar-refractivity contribution in [1.29, 1.82) is 0 Å². The van der Waals surface area contributed by atoms with Crippen molar-refractivity contribution in [2.24, 2.45) is 28.1 Å². The first-order valence-corrected chi connectivity index (χ1v) is 22.0. The molecule has 4 rings (SSSR count). The van der Waals surface area contributed by atoms with Gasteiger partial charge in [-0.05, 0) is 124 Å². The van der Waals surface area contributed by atoms with E-state index in [2.05, 4.69) is 92.1 Å². The molecule has 2 saturated carbocycles. The van der Waals surface area contributed by atoms with Gasteiger partial charge in [-0.15, -0.1) is 0 Å². The molecule has 39 heavy (non-hydrogen) atoms. The summed E-state index contributed by atoms with van der Waals surface area (Å²) in [4.78, 5) is 12.4. The standard InChI is InChI=1S/C33H54O4Si2/c1-22-18-27(37-39(10,11)12)25(19-26(22)36-38(7,8)9)24-14-15-29-32(5,20-24)21-28(35-23(2)34)30-31(3,4)16-13-17-33(29,30)6/h18-20,28-30H,13-17,21H2,1-12H3/t28-,29+,30+,32-,33-/m1/s1. The second-order valence-electron chi connectivity index (χ2n) is 16.0. The van der Waals surface area contributed by atoms with Crippen LogP contribution in [0.25, 0.3) is 5.57 Å². The molecule has 3 aliphatic carbocycles. The van der Waals surface area contributed by atoms with E-state index < -0.39 is 16.6 Å². The van der Waals surface area contributed by atoms with Crippen molar-refractivity contribution in [3.8, 4) is 11.5 Å². The fourth-order valence-electron chi connectivity index (χ4n) is 8.79. The lowest BCUT2D eigenvalue weighted by atomic mass is 9.41. The first-order valence-electron chi connectivity index (χ1n) is 15.2. The number of carbonyl (C=O) groups is 1. The van der Waals surface area contributed by atoms with Crippen LogP contribution >= 0.6 is 0 Å². The van der Waals surface area contributed by atoms with Gasteiger partial charge in [-0.3, -0.25) is 4.79 Å². The summed E-state index contributed by atoms with van der Waals surface area (Å²) in [6.45, 7) is 27.0. The van der Waals surface area contributed by atoms with E-state index in [9.17, 15) is 4.79 Å². The topological polar surface area (TPSA) is 44.8 Å². The van der Waals surface area contributed by atoms with E-state index in [-0.39, 0.29) is 28.3 Å². The highest BCUT2D eigenvalue weighted by Gasteiger charge is 2.62. The molecule has 0 radical (unpaired) electrons. The molecule has 1 aromatic carbocycles. The van der Waals surface area contributed by atoms with Gasteiger partial charge in [0.15, 0.2) is 0 Å². The molecule has 2 fully saturated rings. The molecule has 0 N–H and O–H groups in total. The molecule has 0 saturated heterocycles. The molecule has 0 amide bonds. The number of fused-ring (bicyclic) bond motifs is 3. The molecule has 0 aromatic heterocycles. The molecule has 1 aromatic rings. The van der Waals surface area contributed by atoms with Crippen molar-refractivity contribution in [2.75, 3.05) is 0 Å². The Morgan fingerprint density at radius 1 is 0.923 bits per heavy atom. The van der Waals surface area contributed by atoms with Crippen LogP contribution in [0.1, 0.15) is 84.3 Å². The average molecular weight is 571 g/mol. The van der Waals surface area contributed by atoms with Gasteiger partial charge in [0.2, 0.25) is 16.6 Å². The summed E-state index contributed by atoms with van der Waals surface area (Å²) in [6, 6.07) is 4.47. The van der Waals surface area contributed by atoms with Crippen LogP contribution in [0.5, 0.6) is 11.5 Å². The lowest BCUT2D eigenvalue weighted by molar-refractivity contribution is -0.198. The van der Waals surface area contributed by atoms with E-state index in [1.165, 1.54) is 30.4 Å². The maximum Gasteiger partial charge on any atom is 0.302 e. The van der Waals surface area contributed by atoms with Crippen molar-refractivity contribution in [3.05, 3.63) is 29.3 Å². The van der Waals surface area contributed by atoms with E-state index in [1.54, 1.807) is 6.92 Å². The summed E-state index contributed by atoms with van der Waals surface area (Å²) in [5.74, 6) is 2.79. The minimum Gasteiger partial charge on any atom is -0.544 e. The number of rotatable bonds is 6. The molecule has 6 heteroatoms. The van der Waals surface area contributed by atoms with Crippen LogP contribution in [0.2, 0.25) is 39.3 Å². The number of aryl methyl sites for hydroxylation is 1. The van der Waals surface area contributed by atoms with Crippen LogP contribution in [0, 0.1) is 35.0 Å². The number of ether oxygens (including phenoxy) is 1. The molecule has 0 bridgehead atoms. The fraction of sp³-hybridized carbons (Fsp3) is 0.727. The Bertz CT molecular complexity index is 1140. The monoisotopic (exact) mass is 570 g/mol. The van der Waals surface area contributed by atoms with Gasteiger partial charge in [0.1, 0.15) is 17.6 Å². The number of esters is 1. The quantitative estimate of drug-likeness (QED) is 0.252. The Morgan fingerprint density at radius 3 is 2.13 bits per heavy atom. The lowest BCUT2D eigenvalue weighted by Gasteiger charge is -2.65. The van der Waals surface area contributed by atoms with E-state index in [1.807, 2.05) is 0 Å². The number of hydrogen-bond acceptors (Lipinski definition) is 4. The normalized spacial score (nSPS) is 32.4. The lowest BCUT2D eigenvalue weighted by Crippen LogP contribution is -2.61. The van der Waals surface area contributed by atoms with Gasteiger partial charge >= 0.3 is 5.97 Å². The zero-order valence-corrected chi connectivity index (χ0v) is 28.8. The molecule has 0 aliphatic heterocycles. The summed E-state index contributed by atoms with van der Waals surface area (Å²) in [5.41, 5.74) is 3.96. The molecule has 0 heterocycles. The minimum atomic E-state index is -1.83. The van der Waals surface area contributed by atoms with Crippen LogP contribution in [-0.4, -0.2) is 28.7 Å². The third-order valence-electron chi connectivity index (χ3n) is 9.67. The summed E-state index contributed by atoms with van der Waals surface area (Å²) in [5, 5.41) is 0. The van der Waals surface area contributed by atoms with Gasteiger partial charge in [0.25, 0.3) is 0 Å². The largest absolute Gasteiger partial charge is 0.544 e. The Morgan fingerprint density at radius 2 is 1.54 bits per heavy atom. The second-order valence-corrected chi connectivity index (χ2v) is 24.8. The van der Waals surface area contributed by atoms with Gasteiger partial charge in [0, 0.05) is 18.4 Å². The van der Waals surface area contributed by atoms with Gasteiger partial charge < -0.3 is 13.6 Å². The van der Waals surface area contributed by atoms with Gasteiger partial charge in [0.05, 0.1) is 0 Å². The average Bonchev–Trinajstić information content (AvgIpc) is 2.71. The van der Waals surface area contributed by atoms with Crippen LogP contribution in [0.15, 0.2) is 18.2 Å². The van der Waals surface area contributed by atoms with Gasteiger partial charge in [-0.2, -0.15) is 0 Å². The Hall–Kier alpha value is -1.54. The highest BCUT2D eigenvalue weighted by molar-refractivity contribution is 6.70. The van der Waals surface area contributed by atoms with Gasteiger partial charge in [-0.25, -0.2) is 0 Å². The highest BCUT2D eigenvalue weighted by atomic mass is 28.4. The van der Waals surface area contributed by atoms with Crippen LogP contribution in [0.3, 0.4) is 0 Å². The molecule has 218 valence electrons. The zero-order valence-electron chi connectivity index (χ0n) is 26.8. The van der Waals surface area contributed by atoms with Crippen LogP contribution in [0.4, 0.5) is 0 Å². The Balaban J connectivity index is 1.83. The van der Waals surface area contributed by atoms with Gasteiger partial charge in [-0.1, -0.05) is 40.2 Å². The number of allylic oxidation sites excluding steroid dienone is 2. The minimum absolute atomic E-state index is 0.0481. The van der Waals surface area contributed by atoms with Crippen LogP contribution < -0.4 is 8.85 Å². The van der Waals surface area contributed by atoms with E-state index in [0.29, 0.717) is 11.8 Å². The summed E-state index contributed by atoms with van der Waals surface area (Å²) in [7, 11) is -3.61. The third kappa shape index (κ3) is 6.22. The predicted octanol–water partition coefficient (Wildman–Crippen LogP) is 9.39. The zero-order chi connectivity index (χ0) is 29.2. The second kappa shape index (κ2) is 10.1. The van der Waals surface area contributed by atoms with Crippen molar-refractivity contribution in [1.82, 2.24) is 0 Å². The molecule has 5 atom stereocenters. The molecule has 4 nitrogen and oxygen atoms in total. The molecule has 0 unspecified atom stereocenters. The molecular formula is C33H54O4Si2. The summed E-state index contributed by atoms with van der Waals surface area (Å²) in [6.07, 6.45) is 9.25. The predicted molar refractivity (Wildman–Crippen MR) is 167 cm³/mol. The van der Waals surface area contributed by atoms with E-state index in [0.717, 1.165) is 36.3 Å². The van der Waals surface area contributed by atoms with Crippen molar-refractivity contribution in [3.63, 3.8) is 0 Å². The number of carbonyl (C=O) groups excluding carboxylic acids is 1. The molecule has 0 spiro atoms. The summed E-state index contributed by atoms with van der Waals surface area (Å²) >= 11 is 0. The first kappa shape index (κ1) is 30.4. The van der Waals surface area contributed by atoms with Crippen molar-refractivity contribution < 1.29 is 18.4 Å². The Labute approximate surface area is 240 Å². The highest BCUT2D eigenvalue weighted by Crippen LogP contribution is 2.67. The number of hydrogen-bond donors (Lipinski definition) is 0. The number of benzene rings is 1. The van der Waals surface area contributed by atoms with Crippen molar-refractivity contribution in [2.45, 2.75) is 125 Å². The van der Waals surface area contributed by atoms with E-state index in [4.69, 9.17) is 13.6 Å². The first-order chi connectivity index (χ1) is 17.7. The smallest absolute Gasteiger partial charge is 0.302 e. The maximum absolute atomic E-state index is 12.4. The SMILES string of the molecule is CC(=O)O[C@@H]1C[C@@]2(C)C=C(c3cc(O[Si](C)(C)C)c(C)cc3O[Si](C)(C)C)CC[C@@H]2[C@@]2(C)CCCC(C)(C)[C@H]12.